The Kier molecular flexibility index (Phi) is 4.36. The van der Waals surface area contributed by atoms with Crippen LogP contribution in [-0.4, -0.2) is 17.3 Å². The van der Waals surface area contributed by atoms with E-state index in [0.717, 1.165) is 4.88 Å². The van der Waals surface area contributed by atoms with Crippen LogP contribution in [0.5, 0.6) is 5.75 Å². The summed E-state index contributed by atoms with van der Waals surface area (Å²) in [6.45, 7) is 1.60. The normalized spacial score (nSPS) is 10.3. The molecule has 0 radical (unpaired) electrons. The lowest BCUT2D eigenvalue weighted by Gasteiger charge is -2.07. The first kappa shape index (κ1) is 14.5. The fourth-order valence-corrected chi connectivity index (χ4v) is 2.59. The molecule has 1 aromatic carbocycles. The van der Waals surface area contributed by atoms with Crippen LogP contribution in [0.4, 0.5) is 5.69 Å². The lowest BCUT2D eigenvalue weighted by molar-refractivity contribution is -0.385. The van der Waals surface area contributed by atoms with Crippen molar-refractivity contribution < 1.29 is 14.5 Å². The van der Waals surface area contributed by atoms with Crippen LogP contribution < -0.4 is 4.74 Å². The van der Waals surface area contributed by atoms with Gasteiger partial charge >= 0.3 is 5.69 Å². The predicted octanol–water partition coefficient (Wildman–Crippen LogP) is 3.88. The zero-order valence-corrected chi connectivity index (χ0v) is 12.0. The SMILES string of the molecule is Cc1ccc(C(=O)COc2c(Cl)cccc2[N+](=O)[O-])s1. The maximum Gasteiger partial charge on any atom is 0.312 e. The van der Waals surface area contributed by atoms with Gasteiger partial charge in [0.05, 0.1) is 14.8 Å². The van der Waals surface area contributed by atoms with Crippen LogP contribution in [-0.2, 0) is 0 Å². The van der Waals surface area contributed by atoms with Gasteiger partial charge in [0.2, 0.25) is 11.5 Å². The number of Topliss-reactive ketones (excluding diaryl/α,β-unsaturated/α-hetero) is 1. The molecule has 104 valence electrons. The van der Waals surface area contributed by atoms with Crippen molar-refractivity contribution in [2.75, 3.05) is 6.61 Å². The van der Waals surface area contributed by atoms with E-state index >= 15 is 0 Å². The number of aryl methyl sites for hydroxylation is 1. The summed E-state index contributed by atoms with van der Waals surface area (Å²) in [6, 6.07) is 7.74. The summed E-state index contributed by atoms with van der Waals surface area (Å²) in [5, 5.41) is 11.0. The van der Waals surface area contributed by atoms with Crippen molar-refractivity contribution in [3.63, 3.8) is 0 Å². The van der Waals surface area contributed by atoms with Crippen LogP contribution in [0.2, 0.25) is 5.02 Å². The largest absolute Gasteiger partial charge is 0.477 e. The lowest BCUT2D eigenvalue weighted by atomic mass is 10.3. The standard InChI is InChI=1S/C13H10ClNO4S/c1-8-5-6-12(20-8)11(16)7-19-13-9(14)3-2-4-10(13)15(17)18/h2-6H,7H2,1H3. The summed E-state index contributed by atoms with van der Waals surface area (Å²) in [7, 11) is 0. The minimum Gasteiger partial charge on any atom is -0.477 e. The molecule has 0 saturated carbocycles. The number of thiophene rings is 1. The topological polar surface area (TPSA) is 69.4 Å². The van der Waals surface area contributed by atoms with Gasteiger partial charge in [-0.15, -0.1) is 11.3 Å². The molecule has 0 saturated heterocycles. The molecule has 1 aromatic heterocycles. The fraction of sp³-hybridized carbons (Fsp3) is 0.154. The number of nitrogens with zero attached hydrogens (tertiary/aromatic N) is 1. The Bertz CT molecular complexity index is 668. The van der Waals surface area contributed by atoms with Crippen LogP contribution in [0.3, 0.4) is 0 Å². The van der Waals surface area contributed by atoms with Gasteiger partial charge in [-0.3, -0.25) is 14.9 Å². The number of carbonyl (C=O) groups is 1. The highest BCUT2D eigenvalue weighted by Gasteiger charge is 2.19. The van der Waals surface area contributed by atoms with Crippen molar-refractivity contribution in [1.29, 1.82) is 0 Å². The molecule has 2 rings (SSSR count). The second kappa shape index (κ2) is 6.02. The van der Waals surface area contributed by atoms with Crippen molar-refractivity contribution in [2.24, 2.45) is 0 Å². The first-order valence-electron chi connectivity index (χ1n) is 5.64. The number of hydrogen-bond donors (Lipinski definition) is 0. The third-order valence-corrected chi connectivity index (χ3v) is 3.85. The van der Waals surface area contributed by atoms with E-state index in [1.54, 1.807) is 6.07 Å². The number of nitro groups is 1. The molecule has 5 nitrogen and oxygen atoms in total. The van der Waals surface area contributed by atoms with Crippen LogP contribution in [0.25, 0.3) is 0 Å². The van der Waals surface area contributed by atoms with Crippen LogP contribution in [0.15, 0.2) is 30.3 Å². The van der Waals surface area contributed by atoms with E-state index in [1.165, 1.54) is 29.5 Å². The molecule has 1 heterocycles. The van der Waals surface area contributed by atoms with Gasteiger partial charge in [-0.25, -0.2) is 0 Å². The van der Waals surface area contributed by atoms with Gasteiger partial charge in [0.15, 0.2) is 6.61 Å². The van der Waals surface area contributed by atoms with E-state index in [4.69, 9.17) is 16.3 Å². The smallest absolute Gasteiger partial charge is 0.312 e. The van der Waals surface area contributed by atoms with Crippen molar-refractivity contribution in [3.05, 3.63) is 55.2 Å². The molecule has 0 unspecified atom stereocenters. The van der Waals surface area contributed by atoms with E-state index in [1.807, 2.05) is 13.0 Å². The molecule has 20 heavy (non-hydrogen) atoms. The number of hydrogen-bond acceptors (Lipinski definition) is 5. The van der Waals surface area contributed by atoms with Crippen molar-refractivity contribution in [2.45, 2.75) is 6.92 Å². The Morgan fingerprint density at radius 2 is 2.15 bits per heavy atom. The molecular weight excluding hydrogens is 302 g/mol. The molecule has 0 aliphatic rings. The van der Waals surface area contributed by atoms with Gasteiger partial charge in [0, 0.05) is 10.9 Å². The van der Waals surface area contributed by atoms with Crippen LogP contribution in [0, 0.1) is 17.0 Å². The monoisotopic (exact) mass is 311 g/mol. The van der Waals surface area contributed by atoms with E-state index in [0.29, 0.717) is 4.88 Å². The maximum absolute atomic E-state index is 11.9. The molecule has 0 bridgehead atoms. The average molecular weight is 312 g/mol. The third kappa shape index (κ3) is 3.15. The molecule has 0 spiro atoms. The highest BCUT2D eigenvalue weighted by atomic mass is 35.5. The minimum atomic E-state index is -0.596. The third-order valence-electron chi connectivity index (χ3n) is 2.51. The number of benzene rings is 1. The van der Waals surface area contributed by atoms with E-state index in [-0.39, 0.29) is 28.8 Å². The Morgan fingerprint density at radius 3 is 2.75 bits per heavy atom. The highest BCUT2D eigenvalue weighted by Crippen LogP contribution is 2.34. The molecule has 0 aliphatic carbocycles. The van der Waals surface area contributed by atoms with E-state index < -0.39 is 4.92 Å². The van der Waals surface area contributed by atoms with Crippen LogP contribution >= 0.6 is 22.9 Å². The number of nitro benzene ring substituents is 1. The minimum absolute atomic E-state index is 0.0826. The van der Waals surface area contributed by atoms with Crippen LogP contribution in [0.1, 0.15) is 14.5 Å². The Labute approximate surface area is 123 Å². The molecule has 0 amide bonds. The highest BCUT2D eigenvalue weighted by molar-refractivity contribution is 7.14. The van der Waals surface area contributed by atoms with E-state index in [2.05, 4.69) is 0 Å². The Balaban J connectivity index is 2.15. The molecule has 0 aliphatic heterocycles. The van der Waals surface area contributed by atoms with Crippen molar-refractivity contribution >= 4 is 34.4 Å². The zero-order chi connectivity index (χ0) is 14.7. The number of para-hydroxylation sites is 1. The Morgan fingerprint density at radius 1 is 1.40 bits per heavy atom. The van der Waals surface area contributed by atoms with Gasteiger partial charge < -0.3 is 4.74 Å². The zero-order valence-electron chi connectivity index (χ0n) is 10.5. The molecule has 0 N–H and O–H groups in total. The first-order valence-corrected chi connectivity index (χ1v) is 6.84. The van der Waals surface area contributed by atoms with Gasteiger partial charge in [0.25, 0.3) is 0 Å². The average Bonchev–Trinajstić information content (AvgIpc) is 2.83. The second-order valence-corrected chi connectivity index (χ2v) is 5.66. The summed E-state index contributed by atoms with van der Waals surface area (Å²) in [5.74, 6) is -0.321. The van der Waals surface area contributed by atoms with Gasteiger partial charge in [-0.1, -0.05) is 17.7 Å². The quantitative estimate of drug-likeness (QED) is 0.477. The van der Waals surface area contributed by atoms with Gasteiger partial charge in [0.1, 0.15) is 0 Å². The molecule has 0 fully saturated rings. The van der Waals surface area contributed by atoms with Gasteiger partial charge in [-0.2, -0.15) is 0 Å². The summed E-state index contributed by atoms with van der Waals surface area (Å²) in [6.07, 6.45) is 0. The fourth-order valence-electron chi connectivity index (χ4n) is 1.58. The molecule has 2 aromatic rings. The molecule has 7 heteroatoms. The first-order chi connectivity index (χ1) is 9.49. The number of carbonyl (C=O) groups excluding carboxylic acids is 1. The van der Waals surface area contributed by atoms with Gasteiger partial charge in [-0.05, 0) is 25.1 Å². The second-order valence-electron chi connectivity index (χ2n) is 3.97. The summed E-state index contributed by atoms with van der Waals surface area (Å²) in [5.41, 5.74) is -0.257. The van der Waals surface area contributed by atoms with E-state index in [9.17, 15) is 14.9 Å². The Hall–Kier alpha value is -1.92. The molecular formula is C13H10ClNO4S. The number of halogens is 1. The molecule has 0 atom stereocenters. The lowest BCUT2D eigenvalue weighted by Crippen LogP contribution is -2.11. The predicted molar refractivity (Wildman–Crippen MR) is 77.0 cm³/mol. The number of ketones is 1. The number of rotatable bonds is 5. The van der Waals surface area contributed by atoms with Crippen molar-refractivity contribution in [3.8, 4) is 5.75 Å². The number of ether oxygens (including phenoxy) is 1. The van der Waals surface area contributed by atoms with Crippen molar-refractivity contribution in [1.82, 2.24) is 0 Å². The summed E-state index contributed by atoms with van der Waals surface area (Å²) >= 11 is 7.22. The summed E-state index contributed by atoms with van der Waals surface area (Å²) < 4.78 is 5.24. The summed E-state index contributed by atoms with van der Waals surface area (Å²) in [4.78, 5) is 23.7. The maximum atomic E-state index is 11.9.